The zero-order valence-corrected chi connectivity index (χ0v) is 10.9. The molecule has 0 bridgehead atoms. The van der Waals surface area contributed by atoms with Gasteiger partial charge in [0, 0.05) is 32.0 Å². The van der Waals surface area contributed by atoms with Crippen LogP contribution in [0, 0.1) is 13.8 Å². The smallest absolute Gasteiger partial charge is 0.164 e. The van der Waals surface area contributed by atoms with E-state index in [0.717, 1.165) is 12.4 Å². The SMILES string of the molecule is Cc1cc(CNCc2ncn(C)n2)c(C)n1C. The number of rotatable bonds is 4. The lowest BCUT2D eigenvalue weighted by atomic mass is 10.2. The zero-order chi connectivity index (χ0) is 12.4. The highest BCUT2D eigenvalue weighted by Gasteiger charge is 2.05. The Hall–Kier alpha value is -1.62. The minimum Gasteiger partial charge on any atom is -0.352 e. The molecule has 0 saturated heterocycles. The van der Waals surface area contributed by atoms with Crippen molar-refractivity contribution in [2.75, 3.05) is 0 Å². The van der Waals surface area contributed by atoms with E-state index < -0.39 is 0 Å². The van der Waals surface area contributed by atoms with Crippen molar-refractivity contribution in [3.63, 3.8) is 0 Å². The molecule has 0 aliphatic heterocycles. The summed E-state index contributed by atoms with van der Waals surface area (Å²) in [5.74, 6) is 0.831. The van der Waals surface area contributed by atoms with Gasteiger partial charge in [-0.05, 0) is 25.5 Å². The van der Waals surface area contributed by atoms with Crippen LogP contribution in [0.25, 0.3) is 0 Å². The molecule has 0 saturated carbocycles. The Morgan fingerprint density at radius 3 is 2.53 bits per heavy atom. The van der Waals surface area contributed by atoms with Crippen LogP contribution < -0.4 is 5.32 Å². The fraction of sp³-hybridized carbons (Fsp3) is 0.500. The molecule has 0 aliphatic rings. The number of aromatic nitrogens is 4. The third-order valence-corrected chi connectivity index (χ3v) is 3.13. The third kappa shape index (κ3) is 2.55. The van der Waals surface area contributed by atoms with Gasteiger partial charge < -0.3 is 9.88 Å². The second kappa shape index (κ2) is 4.71. The molecular formula is C12H19N5. The molecule has 2 aromatic heterocycles. The first-order valence-corrected chi connectivity index (χ1v) is 5.75. The summed E-state index contributed by atoms with van der Waals surface area (Å²) in [7, 11) is 3.97. The van der Waals surface area contributed by atoms with Crippen LogP contribution in [0.1, 0.15) is 22.8 Å². The molecule has 0 aliphatic carbocycles. The van der Waals surface area contributed by atoms with Gasteiger partial charge in [0.1, 0.15) is 6.33 Å². The maximum Gasteiger partial charge on any atom is 0.164 e. The van der Waals surface area contributed by atoms with Crippen molar-refractivity contribution in [3.8, 4) is 0 Å². The average Bonchev–Trinajstić information content (AvgIpc) is 2.80. The van der Waals surface area contributed by atoms with Crippen LogP contribution in [0.5, 0.6) is 0 Å². The first kappa shape index (κ1) is 11.9. The van der Waals surface area contributed by atoms with Gasteiger partial charge in [-0.3, -0.25) is 4.68 Å². The molecule has 1 N–H and O–H groups in total. The van der Waals surface area contributed by atoms with Gasteiger partial charge in [0.25, 0.3) is 0 Å². The molecule has 17 heavy (non-hydrogen) atoms. The summed E-state index contributed by atoms with van der Waals surface area (Å²) in [6, 6.07) is 2.22. The summed E-state index contributed by atoms with van der Waals surface area (Å²) in [4.78, 5) is 4.18. The van der Waals surface area contributed by atoms with E-state index in [-0.39, 0.29) is 0 Å². The monoisotopic (exact) mass is 233 g/mol. The molecule has 2 rings (SSSR count). The molecule has 0 unspecified atom stereocenters. The maximum atomic E-state index is 4.22. The minimum atomic E-state index is 0.703. The largest absolute Gasteiger partial charge is 0.352 e. The predicted molar refractivity (Wildman–Crippen MR) is 66.4 cm³/mol. The van der Waals surface area contributed by atoms with Crippen molar-refractivity contribution in [3.05, 3.63) is 35.2 Å². The molecular weight excluding hydrogens is 214 g/mol. The van der Waals surface area contributed by atoms with Gasteiger partial charge in [-0.1, -0.05) is 0 Å². The number of hydrogen-bond acceptors (Lipinski definition) is 3. The van der Waals surface area contributed by atoms with Crippen molar-refractivity contribution >= 4 is 0 Å². The molecule has 5 nitrogen and oxygen atoms in total. The fourth-order valence-corrected chi connectivity index (χ4v) is 1.89. The second-order valence-electron chi connectivity index (χ2n) is 4.39. The van der Waals surface area contributed by atoms with Crippen molar-refractivity contribution in [1.82, 2.24) is 24.6 Å². The second-order valence-corrected chi connectivity index (χ2v) is 4.39. The highest BCUT2D eigenvalue weighted by atomic mass is 15.3. The molecule has 2 aromatic rings. The van der Waals surface area contributed by atoms with E-state index >= 15 is 0 Å². The van der Waals surface area contributed by atoms with Crippen LogP contribution >= 0.6 is 0 Å². The van der Waals surface area contributed by atoms with E-state index in [1.165, 1.54) is 17.0 Å². The maximum absolute atomic E-state index is 4.22. The quantitative estimate of drug-likeness (QED) is 0.859. The number of hydrogen-bond donors (Lipinski definition) is 1. The van der Waals surface area contributed by atoms with E-state index in [9.17, 15) is 0 Å². The third-order valence-electron chi connectivity index (χ3n) is 3.13. The van der Waals surface area contributed by atoms with Crippen molar-refractivity contribution < 1.29 is 0 Å². The Labute approximate surface area is 101 Å². The Morgan fingerprint density at radius 1 is 1.24 bits per heavy atom. The molecule has 0 aromatic carbocycles. The molecule has 0 amide bonds. The number of nitrogens with one attached hydrogen (secondary N) is 1. The molecule has 92 valence electrons. The van der Waals surface area contributed by atoms with E-state index in [1.54, 1.807) is 11.0 Å². The number of nitrogens with zero attached hydrogens (tertiary/aromatic N) is 4. The molecule has 0 radical (unpaired) electrons. The first-order valence-electron chi connectivity index (χ1n) is 5.75. The van der Waals surface area contributed by atoms with E-state index in [1.807, 2.05) is 7.05 Å². The van der Waals surface area contributed by atoms with E-state index in [4.69, 9.17) is 0 Å². The molecule has 2 heterocycles. The van der Waals surface area contributed by atoms with Gasteiger partial charge in [0.2, 0.25) is 0 Å². The van der Waals surface area contributed by atoms with Gasteiger partial charge in [0.05, 0.1) is 6.54 Å². The molecule has 0 spiro atoms. The standard InChI is InChI=1S/C12H19N5/c1-9-5-11(10(2)17(9)4)6-13-7-12-14-8-16(3)15-12/h5,8,13H,6-7H2,1-4H3. The van der Waals surface area contributed by atoms with Crippen molar-refractivity contribution in [1.29, 1.82) is 0 Å². The van der Waals surface area contributed by atoms with Crippen LogP contribution in [-0.2, 0) is 27.2 Å². The highest BCUT2D eigenvalue weighted by molar-refractivity contribution is 5.26. The summed E-state index contributed by atoms with van der Waals surface area (Å²) in [6.07, 6.45) is 1.72. The highest BCUT2D eigenvalue weighted by Crippen LogP contribution is 2.12. The summed E-state index contributed by atoms with van der Waals surface area (Å²) >= 11 is 0. The minimum absolute atomic E-state index is 0.703. The van der Waals surface area contributed by atoms with Crippen molar-refractivity contribution in [2.45, 2.75) is 26.9 Å². The molecule has 0 fully saturated rings. The number of aryl methyl sites for hydroxylation is 2. The van der Waals surface area contributed by atoms with E-state index in [0.29, 0.717) is 6.54 Å². The van der Waals surface area contributed by atoms with Crippen LogP contribution in [0.2, 0.25) is 0 Å². The van der Waals surface area contributed by atoms with Gasteiger partial charge in [-0.15, -0.1) is 0 Å². The van der Waals surface area contributed by atoms with Gasteiger partial charge in [-0.25, -0.2) is 4.98 Å². The Balaban J connectivity index is 1.92. The molecule has 5 heteroatoms. The lowest BCUT2D eigenvalue weighted by molar-refractivity contribution is 0.646. The Kier molecular flexibility index (Phi) is 3.28. The van der Waals surface area contributed by atoms with Crippen LogP contribution in [-0.4, -0.2) is 19.3 Å². The van der Waals surface area contributed by atoms with E-state index in [2.05, 4.69) is 46.9 Å². The Morgan fingerprint density at radius 2 is 2.00 bits per heavy atom. The summed E-state index contributed by atoms with van der Waals surface area (Å²) in [6.45, 7) is 5.82. The average molecular weight is 233 g/mol. The van der Waals surface area contributed by atoms with Crippen LogP contribution in [0.3, 0.4) is 0 Å². The Bertz CT molecular complexity index is 509. The van der Waals surface area contributed by atoms with Gasteiger partial charge >= 0.3 is 0 Å². The van der Waals surface area contributed by atoms with Crippen molar-refractivity contribution in [2.24, 2.45) is 14.1 Å². The normalized spacial score (nSPS) is 11.1. The first-order chi connectivity index (χ1) is 8.08. The van der Waals surface area contributed by atoms with Gasteiger partial charge in [0.15, 0.2) is 5.82 Å². The lowest BCUT2D eigenvalue weighted by Crippen LogP contribution is -2.14. The summed E-state index contributed by atoms with van der Waals surface area (Å²) in [5, 5.41) is 7.59. The molecule has 0 atom stereocenters. The fourth-order valence-electron chi connectivity index (χ4n) is 1.89. The van der Waals surface area contributed by atoms with Gasteiger partial charge in [-0.2, -0.15) is 5.10 Å². The van der Waals surface area contributed by atoms with Crippen LogP contribution in [0.15, 0.2) is 12.4 Å². The predicted octanol–water partition coefficient (Wildman–Crippen LogP) is 1.06. The zero-order valence-electron chi connectivity index (χ0n) is 10.9. The summed E-state index contributed by atoms with van der Waals surface area (Å²) in [5.41, 5.74) is 3.93. The summed E-state index contributed by atoms with van der Waals surface area (Å²) < 4.78 is 3.92. The van der Waals surface area contributed by atoms with Crippen LogP contribution in [0.4, 0.5) is 0 Å². The lowest BCUT2D eigenvalue weighted by Gasteiger charge is -2.03. The topological polar surface area (TPSA) is 47.7 Å².